The number of methoxy groups -OCH3 is 1. The molecular weight excluding hydrogens is 427 g/mol. The molecule has 2 N–H and O–H groups in total. The predicted octanol–water partition coefficient (Wildman–Crippen LogP) is 3.86. The summed E-state index contributed by atoms with van der Waals surface area (Å²) in [4.78, 5) is 23.6. The van der Waals surface area contributed by atoms with E-state index in [9.17, 15) is 22.8 Å². The summed E-state index contributed by atoms with van der Waals surface area (Å²) in [5.74, 6) is -1.06. The molecule has 1 amide bonds. The van der Waals surface area contributed by atoms with Gasteiger partial charge in [-0.1, -0.05) is 30.3 Å². The van der Waals surface area contributed by atoms with Crippen LogP contribution in [0.15, 0.2) is 48.5 Å². The Hall–Kier alpha value is -3.07. The molecule has 2 aromatic rings. The summed E-state index contributed by atoms with van der Waals surface area (Å²) in [7, 11) is 1.32. The fourth-order valence-electron chi connectivity index (χ4n) is 2.96. The van der Waals surface area contributed by atoms with Crippen molar-refractivity contribution in [3.8, 4) is 5.75 Å². The average molecular weight is 453 g/mol. The van der Waals surface area contributed by atoms with Gasteiger partial charge in [-0.2, -0.15) is 13.2 Å². The van der Waals surface area contributed by atoms with Crippen molar-refractivity contribution in [2.24, 2.45) is 0 Å². The van der Waals surface area contributed by atoms with E-state index in [0.717, 1.165) is 17.7 Å². The number of aliphatic carboxylic acids is 1. The Labute approximate surface area is 184 Å². The number of halogens is 3. The van der Waals surface area contributed by atoms with E-state index in [4.69, 9.17) is 14.6 Å². The highest BCUT2D eigenvalue weighted by Gasteiger charge is 2.31. The first-order valence-electron chi connectivity index (χ1n) is 9.90. The van der Waals surface area contributed by atoms with Gasteiger partial charge in [0.25, 0.3) is 5.91 Å². The molecular formula is C23H26F3NO5. The molecule has 0 aliphatic rings. The third-order valence-electron chi connectivity index (χ3n) is 4.78. The summed E-state index contributed by atoms with van der Waals surface area (Å²) in [6.45, 7) is 3.30. The van der Waals surface area contributed by atoms with E-state index in [1.54, 1.807) is 44.2 Å². The van der Waals surface area contributed by atoms with Crippen LogP contribution in [0.4, 0.5) is 13.2 Å². The lowest BCUT2D eigenvalue weighted by Gasteiger charge is -2.25. The lowest BCUT2D eigenvalue weighted by atomic mass is 10.1. The number of carboxylic acid groups (broad SMARTS) is 1. The van der Waals surface area contributed by atoms with E-state index in [1.165, 1.54) is 13.2 Å². The second kappa shape index (κ2) is 10.5. The third-order valence-corrected chi connectivity index (χ3v) is 4.78. The number of alkyl halides is 3. The first-order chi connectivity index (χ1) is 14.9. The van der Waals surface area contributed by atoms with Crippen LogP contribution >= 0.6 is 0 Å². The van der Waals surface area contributed by atoms with Crippen LogP contribution < -0.4 is 10.1 Å². The van der Waals surface area contributed by atoms with Gasteiger partial charge in [0.05, 0.1) is 5.56 Å². The SMILES string of the molecule is CO[C@@H](Cc1ccc(OC(C)(C)C(=O)NCCc2cccc(C(F)(F)F)c2)cc1)C(=O)O. The minimum atomic E-state index is -4.41. The molecule has 9 heteroatoms. The van der Waals surface area contributed by atoms with Crippen LogP contribution in [0.1, 0.15) is 30.5 Å². The highest BCUT2D eigenvalue weighted by atomic mass is 19.4. The first-order valence-corrected chi connectivity index (χ1v) is 9.90. The highest BCUT2D eigenvalue weighted by molar-refractivity contribution is 5.84. The molecule has 0 fully saturated rings. The summed E-state index contributed by atoms with van der Waals surface area (Å²) in [5.41, 5.74) is -0.764. The molecule has 0 radical (unpaired) electrons. The lowest BCUT2D eigenvalue weighted by molar-refractivity contribution is -0.148. The van der Waals surface area contributed by atoms with E-state index in [1.807, 2.05) is 0 Å². The fourth-order valence-corrected chi connectivity index (χ4v) is 2.96. The number of nitrogens with one attached hydrogen (secondary N) is 1. The summed E-state index contributed by atoms with van der Waals surface area (Å²) in [6.07, 6.45) is -4.94. The van der Waals surface area contributed by atoms with Crippen LogP contribution in [0.25, 0.3) is 0 Å². The molecule has 2 aromatic carbocycles. The zero-order valence-corrected chi connectivity index (χ0v) is 18.0. The molecule has 1 atom stereocenters. The van der Waals surface area contributed by atoms with Gasteiger partial charge in [-0.05, 0) is 49.6 Å². The second-order valence-corrected chi connectivity index (χ2v) is 7.73. The quantitative estimate of drug-likeness (QED) is 0.571. The zero-order valence-electron chi connectivity index (χ0n) is 18.0. The van der Waals surface area contributed by atoms with E-state index < -0.39 is 35.3 Å². The Bertz CT molecular complexity index is 926. The molecule has 0 aromatic heterocycles. The van der Waals surface area contributed by atoms with E-state index in [-0.39, 0.29) is 19.4 Å². The van der Waals surface area contributed by atoms with Gasteiger partial charge in [0, 0.05) is 20.1 Å². The smallest absolute Gasteiger partial charge is 0.416 e. The van der Waals surface area contributed by atoms with E-state index in [2.05, 4.69) is 5.32 Å². The summed E-state index contributed by atoms with van der Waals surface area (Å²) < 4.78 is 49.1. The van der Waals surface area contributed by atoms with Crippen molar-refractivity contribution in [1.29, 1.82) is 0 Å². The largest absolute Gasteiger partial charge is 0.479 e. The lowest BCUT2D eigenvalue weighted by Crippen LogP contribution is -2.47. The molecule has 0 bridgehead atoms. The van der Waals surface area contributed by atoms with Gasteiger partial charge in [0.2, 0.25) is 0 Å². The van der Waals surface area contributed by atoms with E-state index in [0.29, 0.717) is 11.3 Å². The number of rotatable bonds is 10. The second-order valence-electron chi connectivity index (χ2n) is 7.73. The molecule has 32 heavy (non-hydrogen) atoms. The summed E-state index contributed by atoms with van der Waals surface area (Å²) in [5, 5.41) is 11.7. The topological polar surface area (TPSA) is 84.9 Å². The average Bonchev–Trinajstić information content (AvgIpc) is 2.72. The monoisotopic (exact) mass is 453 g/mol. The Morgan fingerprint density at radius 3 is 2.28 bits per heavy atom. The van der Waals surface area contributed by atoms with Gasteiger partial charge < -0.3 is 19.9 Å². The van der Waals surface area contributed by atoms with Crippen molar-refractivity contribution >= 4 is 11.9 Å². The number of benzene rings is 2. The minimum absolute atomic E-state index is 0.152. The van der Waals surface area contributed by atoms with Gasteiger partial charge in [0.15, 0.2) is 11.7 Å². The maximum absolute atomic E-state index is 12.8. The van der Waals surface area contributed by atoms with Crippen molar-refractivity contribution in [2.45, 2.75) is 44.6 Å². The molecule has 0 aliphatic carbocycles. The number of carbonyl (C=O) groups excluding carboxylic acids is 1. The Kier molecular flexibility index (Phi) is 8.26. The van der Waals surface area contributed by atoms with Gasteiger partial charge in [-0.15, -0.1) is 0 Å². The molecule has 0 aliphatic heterocycles. The molecule has 0 saturated heterocycles. The van der Waals surface area contributed by atoms with Crippen LogP contribution in [0.3, 0.4) is 0 Å². The van der Waals surface area contributed by atoms with Crippen molar-refractivity contribution in [2.75, 3.05) is 13.7 Å². The van der Waals surface area contributed by atoms with Gasteiger partial charge in [0.1, 0.15) is 5.75 Å². The molecule has 174 valence electrons. The van der Waals surface area contributed by atoms with Crippen LogP contribution in [-0.2, 0) is 33.3 Å². The van der Waals surface area contributed by atoms with Crippen LogP contribution in [0, 0.1) is 0 Å². The Morgan fingerprint density at radius 2 is 1.72 bits per heavy atom. The van der Waals surface area contributed by atoms with Gasteiger partial charge in [-0.3, -0.25) is 4.79 Å². The van der Waals surface area contributed by atoms with Crippen molar-refractivity contribution in [3.05, 3.63) is 65.2 Å². The fraction of sp³-hybridized carbons (Fsp3) is 0.391. The van der Waals surface area contributed by atoms with Crippen LogP contribution in [-0.4, -0.2) is 42.3 Å². The standard InChI is InChI=1S/C23H26F3NO5/c1-22(2,32-18-9-7-16(8-10-18)14-19(31-3)20(28)29)21(30)27-12-11-15-5-4-6-17(13-15)23(24,25)26/h4-10,13,19H,11-12,14H2,1-3H3,(H,27,30)(H,28,29)/t19-/m0/s1. The molecule has 6 nitrogen and oxygen atoms in total. The molecule has 0 spiro atoms. The first kappa shape index (κ1) is 25.2. The number of hydrogen-bond donors (Lipinski definition) is 2. The number of carboxylic acids is 1. The Morgan fingerprint density at radius 1 is 1.06 bits per heavy atom. The molecule has 2 rings (SSSR count). The molecule has 0 unspecified atom stereocenters. The maximum Gasteiger partial charge on any atom is 0.416 e. The number of amides is 1. The van der Waals surface area contributed by atoms with Gasteiger partial charge in [-0.25, -0.2) is 4.79 Å². The highest BCUT2D eigenvalue weighted by Crippen LogP contribution is 2.29. The predicted molar refractivity (Wildman–Crippen MR) is 111 cm³/mol. The maximum atomic E-state index is 12.8. The number of carbonyl (C=O) groups is 2. The van der Waals surface area contributed by atoms with E-state index >= 15 is 0 Å². The minimum Gasteiger partial charge on any atom is -0.479 e. The number of ether oxygens (including phenoxy) is 2. The third kappa shape index (κ3) is 7.26. The molecule has 0 saturated carbocycles. The normalized spacial score (nSPS) is 12.8. The van der Waals surface area contributed by atoms with Gasteiger partial charge >= 0.3 is 12.1 Å². The Balaban J connectivity index is 1.90. The summed E-state index contributed by atoms with van der Waals surface area (Å²) in [6, 6.07) is 11.6. The van der Waals surface area contributed by atoms with Crippen molar-refractivity contribution in [1.82, 2.24) is 5.32 Å². The zero-order chi connectivity index (χ0) is 23.9. The van der Waals surface area contributed by atoms with Crippen molar-refractivity contribution < 1.29 is 37.3 Å². The summed E-state index contributed by atoms with van der Waals surface area (Å²) >= 11 is 0. The molecule has 0 heterocycles. The van der Waals surface area contributed by atoms with Crippen LogP contribution in [0.5, 0.6) is 5.75 Å². The van der Waals surface area contributed by atoms with Crippen LogP contribution in [0.2, 0.25) is 0 Å². The van der Waals surface area contributed by atoms with Crippen molar-refractivity contribution in [3.63, 3.8) is 0 Å². The number of hydrogen-bond acceptors (Lipinski definition) is 4.